The van der Waals surface area contributed by atoms with Crippen LogP contribution in [0.4, 0.5) is 0 Å². The van der Waals surface area contributed by atoms with Crippen LogP contribution in [0.3, 0.4) is 0 Å². The second kappa shape index (κ2) is 66.8. The summed E-state index contributed by atoms with van der Waals surface area (Å²) in [5, 5.41) is 0. The molecule has 1 unspecified atom stereocenters. The Bertz CT molecular complexity index is 1540. The fourth-order valence-electron chi connectivity index (χ4n) is 9.55. The molecule has 454 valence electrons. The van der Waals surface area contributed by atoms with Crippen LogP contribution in [0.25, 0.3) is 0 Å². The van der Waals surface area contributed by atoms with Crippen molar-refractivity contribution >= 4 is 17.9 Å². The number of allylic oxidation sites excluding steroid dienone is 16. The maximum atomic E-state index is 12.9. The molecule has 79 heavy (non-hydrogen) atoms. The van der Waals surface area contributed by atoms with Crippen LogP contribution in [0.1, 0.15) is 329 Å². The summed E-state index contributed by atoms with van der Waals surface area (Å²) in [6, 6.07) is 0. The zero-order valence-electron chi connectivity index (χ0n) is 52.1. The van der Waals surface area contributed by atoms with Crippen LogP contribution in [0.15, 0.2) is 97.2 Å². The second-order valence-electron chi connectivity index (χ2n) is 22.4. The summed E-state index contributed by atoms with van der Waals surface area (Å²) >= 11 is 0. The van der Waals surface area contributed by atoms with Gasteiger partial charge >= 0.3 is 17.9 Å². The van der Waals surface area contributed by atoms with E-state index in [1.165, 1.54) is 193 Å². The Labute approximate surface area is 489 Å². The molecule has 0 aliphatic heterocycles. The van der Waals surface area contributed by atoms with Gasteiger partial charge in [-0.3, -0.25) is 14.4 Å². The Hall–Kier alpha value is -3.67. The van der Waals surface area contributed by atoms with Gasteiger partial charge in [0, 0.05) is 19.3 Å². The van der Waals surface area contributed by atoms with Gasteiger partial charge in [-0.25, -0.2) is 0 Å². The predicted octanol–water partition coefficient (Wildman–Crippen LogP) is 23.2. The topological polar surface area (TPSA) is 78.9 Å². The van der Waals surface area contributed by atoms with Crippen LogP contribution in [-0.4, -0.2) is 37.2 Å². The average Bonchev–Trinajstić information content (AvgIpc) is 3.45. The van der Waals surface area contributed by atoms with E-state index in [1.807, 2.05) is 0 Å². The third kappa shape index (κ3) is 65.0. The van der Waals surface area contributed by atoms with E-state index >= 15 is 0 Å². The molecule has 0 bridgehead atoms. The molecule has 0 aromatic carbocycles. The number of carbonyl (C=O) groups excluding carboxylic acids is 3. The van der Waals surface area contributed by atoms with Gasteiger partial charge in [0.05, 0.1) is 0 Å². The first-order valence-electron chi connectivity index (χ1n) is 33.7. The van der Waals surface area contributed by atoms with E-state index < -0.39 is 6.10 Å². The summed E-state index contributed by atoms with van der Waals surface area (Å²) in [7, 11) is 0. The van der Waals surface area contributed by atoms with Gasteiger partial charge in [-0.2, -0.15) is 0 Å². The van der Waals surface area contributed by atoms with Crippen LogP contribution < -0.4 is 0 Å². The first kappa shape index (κ1) is 75.3. The molecule has 0 heterocycles. The largest absolute Gasteiger partial charge is 0.462 e. The van der Waals surface area contributed by atoms with E-state index in [0.29, 0.717) is 19.3 Å². The molecule has 0 aliphatic rings. The molecular formula is C73H126O6. The summed E-state index contributed by atoms with van der Waals surface area (Å²) < 4.78 is 16.9. The van der Waals surface area contributed by atoms with Gasteiger partial charge in [-0.05, 0) is 96.3 Å². The molecule has 0 aromatic rings. The molecule has 0 fully saturated rings. The zero-order valence-corrected chi connectivity index (χ0v) is 52.1. The molecule has 6 heteroatoms. The number of unbranched alkanes of at least 4 members (excludes halogenated alkanes) is 34. The lowest BCUT2D eigenvalue weighted by atomic mass is 10.0. The van der Waals surface area contributed by atoms with E-state index in [9.17, 15) is 14.4 Å². The highest BCUT2D eigenvalue weighted by atomic mass is 16.6. The Morgan fingerprint density at radius 2 is 0.506 bits per heavy atom. The van der Waals surface area contributed by atoms with Gasteiger partial charge in [0.25, 0.3) is 0 Å². The molecule has 0 radical (unpaired) electrons. The second-order valence-corrected chi connectivity index (χ2v) is 22.4. The number of esters is 3. The molecule has 0 spiro atoms. The van der Waals surface area contributed by atoms with Crippen molar-refractivity contribution in [1.82, 2.24) is 0 Å². The average molecular weight is 1100 g/mol. The Morgan fingerprint density at radius 3 is 0.835 bits per heavy atom. The SMILES string of the molecule is CC/C=C\C/C=C\C/C=C\C/C=C\C/C=C\C/C=C\C/C=C\CCCC(=O)OCC(COC(=O)CCCCCCCCC/C=C\CCCCCCCC)OC(=O)CCCCCCCCCCCCCCCCCCCCCCC. The van der Waals surface area contributed by atoms with Gasteiger partial charge in [-0.15, -0.1) is 0 Å². The number of rotatable bonds is 61. The van der Waals surface area contributed by atoms with E-state index in [1.54, 1.807) is 0 Å². The van der Waals surface area contributed by atoms with Gasteiger partial charge in [0.1, 0.15) is 13.2 Å². The van der Waals surface area contributed by atoms with Crippen molar-refractivity contribution in [1.29, 1.82) is 0 Å². The molecule has 6 nitrogen and oxygen atoms in total. The van der Waals surface area contributed by atoms with Crippen molar-refractivity contribution in [2.75, 3.05) is 13.2 Å². The normalized spacial score (nSPS) is 12.7. The summed E-state index contributed by atoms with van der Waals surface area (Å²) in [5.74, 6) is -0.946. The summed E-state index contributed by atoms with van der Waals surface area (Å²) in [5.41, 5.74) is 0. The molecule has 0 saturated heterocycles. The monoisotopic (exact) mass is 1100 g/mol. The van der Waals surface area contributed by atoms with E-state index in [0.717, 1.165) is 89.9 Å². The van der Waals surface area contributed by atoms with Crippen LogP contribution >= 0.6 is 0 Å². The Morgan fingerprint density at radius 1 is 0.266 bits per heavy atom. The van der Waals surface area contributed by atoms with Crippen molar-refractivity contribution in [2.24, 2.45) is 0 Å². The number of ether oxygens (including phenoxy) is 3. The van der Waals surface area contributed by atoms with E-state index in [-0.39, 0.29) is 37.5 Å². The molecule has 0 saturated carbocycles. The lowest BCUT2D eigenvalue weighted by Crippen LogP contribution is -2.30. The summed E-state index contributed by atoms with van der Waals surface area (Å²) in [6.45, 7) is 6.51. The lowest BCUT2D eigenvalue weighted by Gasteiger charge is -2.18. The smallest absolute Gasteiger partial charge is 0.306 e. The fraction of sp³-hybridized carbons (Fsp3) is 0.740. The quantitative estimate of drug-likeness (QED) is 0.0261. The minimum atomic E-state index is -0.804. The maximum absolute atomic E-state index is 12.9. The number of hydrogen-bond donors (Lipinski definition) is 0. The van der Waals surface area contributed by atoms with Crippen molar-refractivity contribution in [3.63, 3.8) is 0 Å². The van der Waals surface area contributed by atoms with Crippen LogP contribution in [-0.2, 0) is 28.6 Å². The van der Waals surface area contributed by atoms with E-state index in [4.69, 9.17) is 14.2 Å². The maximum Gasteiger partial charge on any atom is 0.306 e. The van der Waals surface area contributed by atoms with Crippen LogP contribution in [0, 0.1) is 0 Å². The van der Waals surface area contributed by atoms with Crippen LogP contribution in [0.5, 0.6) is 0 Å². The van der Waals surface area contributed by atoms with Gasteiger partial charge in [-0.1, -0.05) is 311 Å². The van der Waals surface area contributed by atoms with Crippen molar-refractivity contribution in [3.8, 4) is 0 Å². The molecule has 0 rings (SSSR count). The fourth-order valence-corrected chi connectivity index (χ4v) is 9.55. The third-order valence-corrected chi connectivity index (χ3v) is 14.6. The zero-order chi connectivity index (χ0) is 57.1. The van der Waals surface area contributed by atoms with Gasteiger partial charge in [0.15, 0.2) is 6.10 Å². The number of carbonyl (C=O) groups is 3. The molecule has 0 aliphatic carbocycles. The predicted molar refractivity (Wildman–Crippen MR) is 344 cm³/mol. The van der Waals surface area contributed by atoms with Crippen LogP contribution in [0.2, 0.25) is 0 Å². The van der Waals surface area contributed by atoms with E-state index in [2.05, 4.69) is 118 Å². The standard InChI is InChI=1S/C73H126O6/c1-4-7-10-13-16-19-22-25-28-31-33-35-36-38-39-42-45-48-51-54-57-60-63-66-72(75)78-69-70(68-77-71(74)65-62-59-56-53-50-47-44-41-30-27-24-21-18-15-12-9-6-3)79-73(76)67-64-61-58-55-52-49-46-43-40-37-34-32-29-26-23-20-17-14-11-8-5-2/h7,10,16,19,25,27-28,30,33,35,38-39,45,48,54,57,70H,4-6,8-9,11-15,17-18,20-24,26,29,31-32,34,36-37,40-44,46-47,49-53,55-56,58-69H2,1-3H3/b10-7-,19-16-,28-25-,30-27-,35-33-,39-38-,48-45-,57-54-. The van der Waals surface area contributed by atoms with Crippen molar-refractivity contribution < 1.29 is 28.6 Å². The Kier molecular flexibility index (Phi) is 63.7. The molecule has 1 atom stereocenters. The highest BCUT2D eigenvalue weighted by Gasteiger charge is 2.19. The third-order valence-electron chi connectivity index (χ3n) is 14.6. The minimum Gasteiger partial charge on any atom is -0.462 e. The first-order valence-corrected chi connectivity index (χ1v) is 33.7. The molecule has 0 aromatic heterocycles. The Balaban J connectivity index is 4.45. The molecule has 0 N–H and O–H groups in total. The molecule has 0 amide bonds. The van der Waals surface area contributed by atoms with Gasteiger partial charge in [0.2, 0.25) is 0 Å². The highest BCUT2D eigenvalue weighted by molar-refractivity contribution is 5.71. The minimum absolute atomic E-state index is 0.0953. The first-order chi connectivity index (χ1) is 39.0. The lowest BCUT2D eigenvalue weighted by molar-refractivity contribution is -0.167. The number of hydrogen-bond acceptors (Lipinski definition) is 6. The summed E-state index contributed by atoms with van der Waals surface area (Å²) in [6.07, 6.45) is 90.0. The van der Waals surface area contributed by atoms with Crippen molar-refractivity contribution in [2.45, 2.75) is 335 Å². The van der Waals surface area contributed by atoms with Crippen molar-refractivity contribution in [3.05, 3.63) is 97.2 Å². The highest BCUT2D eigenvalue weighted by Crippen LogP contribution is 2.17. The summed E-state index contributed by atoms with van der Waals surface area (Å²) in [4.78, 5) is 38.4. The molecular weight excluding hydrogens is 973 g/mol. The van der Waals surface area contributed by atoms with Gasteiger partial charge < -0.3 is 14.2 Å².